The van der Waals surface area contributed by atoms with E-state index in [0.29, 0.717) is 39.0 Å². The summed E-state index contributed by atoms with van der Waals surface area (Å²) in [6.07, 6.45) is 3.15. The number of aromatic nitrogens is 1. The molecule has 5 N–H and O–H groups in total. The molecule has 0 radical (unpaired) electrons. The molecule has 2 amide bonds. The minimum Gasteiger partial charge on any atom is -0.460 e. The third kappa shape index (κ3) is 10.7. The van der Waals surface area contributed by atoms with Crippen molar-refractivity contribution in [3.8, 4) is 0 Å². The van der Waals surface area contributed by atoms with Gasteiger partial charge in [0.2, 0.25) is 11.8 Å². The van der Waals surface area contributed by atoms with Crippen molar-refractivity contribution in [1.29, 1.82) is 0 Å². The number of nitrogens with one attached hydrogen (secondary N) is 2. The molecule has 3 aromatic rings. The van der Waals surface area contributed by atoms with E-state index >= 15 is 0 Å². The molecule has 5 rings (SSSR count). The predicted octanol–water partition coefficient (Wildman–Crippen LogP) is 3.40. The van der Waals surface area contributed by atoms with E-state index in [-0.39, 0.29) is 30.7 Å². The zero-order chi connectivity index (χ0) is 37.4. The minimum absolute atomic E-state index is 0.111. The van der Waals surface area contributed by atoms with E-state index in [0.717, 1.165) is 22.3 Å². The van der Waals surface area contributed by atoms with Crippen molar-refractivity contribution in [3.63, 3.8) is 0 Å². The lowest BCUT2D eigenvalue weighted by Gasteiger charge is -2.43. The first-order valence-corrected chi connectivity index (χ1v) is 18.5. The number of pyridine rings is 1. The highest BCUT2D eigenvalue weighted by atomic mass is 16.5. The van der Waals surface area contributed by atoms with Gasteiger partial charge in [0.05, 0.1) is 12.1 Å². The van der Waals surface area contributed by atoms with Crippen LogP contribution in [0.5, 0.6) is 0 Å². The molecule has 0 saturated carbocycles. The Hall–Kier alpha value is -4.16. The summed E-state index contributed by atoms with van der Waals surface area (Å²) in [5, 5.41) is 17.3. The zero-order valence-corrected chi connectivity index (χ0v) is 31.2. The standard InChI is InChI=1S/C41H56N6O5/c1-27(2)36(42)40(51)52-32(25-47-19-18-46(24-29-14-11-17-43-23-29)26-34(47)39(50)45-41(3,4)5)21-31(20-28-12-7-6-8-13-28)38(49)44-37-33-16-10-9-15-30(33)22-35(37)48/h6-17,23,27,31-32,34-37,48H,18-22,24-26,42H2,1-5H3,(H,44,49)(H,45,50)/t31-,32+,34+,35-,36?,37?/m1/s1. The average Bonchev–Trinajstić information content (AvgIpc) is 3.42. The van der Waals surface area contributed by atoms with Crippen LogP contribution < -0.4 is 16.4 Å². The Labute approximate surface area is 308 Å². The van der Waals surface area contributed by atoms with Gasteiger partial charge >= 0.3 is 5.97 Å². The molecule has 11 nitrogen and oxygen atoms in total. The molecule has 1 aromatic heterocycles. The SMILES string of the molecule is CC(C)C(N)C(=O)O[C@@H](C[C@@H](Cc1ccccc1)C(=O)NC1c2ccccc2C[C@H]1O)CN1CCN(Cc2cccnc2)C[C@H]1C(=O)NC(C)(C)C. The molecule has 2 heterocycles. The number of rotatable bonds is 14. The van der Waals surface area contributed by atoms with E-state index < -0.39 is 47.8 Å². The zero-order valence-electron chi connectivity index (χ0n) is 31.2. The smallest absolute Gasteiger partial charge is 0.323 e. The number of carbonyl (C=O) groups excluding carboxylic acids is 3. The van der Waals surface area contributed by atoms with Gasteiger partial charge < -0.3 is 26.2 Å². The highest BCUT2D eigenvalue weighted by molar-refractivity contribution is 5.83. The van der Waals surface area contributed by atoms with Gasteiger partial charge in [0, 0.05) is 63.0 Å². The second-order valence-electron chi connectivity index (χ2n) is 15.8. The summed E-state index contributed by atoms with van der Waals surface area (Å²) in [5.41, 5.74) is 9.78. The number of carbonyl (C=O) groups is 3. The number of esters is 1. The molecule has 0 bridgehead atoms. The summed E-state index contributed by atoms with van der Waals surface area (Å²) < 4.78 is 6.20. The molecule has 2 unspecified atom stereocenters. The second kappa shape index (κ2) is 17.6. The van der Waals surface area contributed by atoms with Crippen LogP contribution in [0.3, 0.4) is 0 Å². The van der Waals surface area contributed by atoms with Gasteiger partial charge in [-0.05, 0) is 67.9 Å². The number of hydrogen-bond acceptors (Lipinski definition) is 9. The normalized spacial score (nSPS) is 21.2. The van der Waals surface area contributed by atoms with Crippen LogP contribution in [0.2, 0.25) is 0 Å². The summed E-state index contributed by atoms with van der Waals surface area (Å²) in [4.78, 5) is 50.2. The summed E-state index contributed by atoms with van der Waals surface area (Å²) >= 11 is 0. The van der Waals surface area contributed by atoms with Crippen molar-refractivity contribution in [2.24, 2.45) is 17.6 Å². The predicted molar refractivity (Wildman–Crippen MR) is 201 cm³/mol. The van der Waals surface area contributed by atoms with E-state index in [1.807, 2.05) is 108 Å². The quantitative estimate of drug-likeness (QED) is 0.185. The summed E-state index contributed by atoms with van der Waals surface area (Å²) in [6, 6.07) is 19.5. The van der Waals surface area contributed by atoms with Crippen LogP contribution in [-0.4, -0.2) is 93.7 Å². The van der Waals surface area contributed by atoms with Crippen LogP contribution in [0, 0.1) is 11.8 Å². The number of piperazine rings is 1. The maximum absolute atomic E-state index is 14.3. The number of aliphatic hydroxyl groups is 1. The molecule has 52 heavy (non-hydrogen) atoms. The lowest BCUT2D eigenvalue weighted by Crippen LogP contribution is -2.62. The minimum atomic E-state index is -0.842. The number of nitrogens with two attached hydrogens (primary N) is 1. The molecule has 11 heteroatoms. The van der Waals surface area contributed by atoms with Crippen LogP contribution in [0.15, 0.2) is 79.1 Å². The molecular weight excluding hydrogens is 656 g/mol. The van der Waals surface area contributed by atoms with Crippen LogP contribution >= 0.6 is 0 Å². The average molecular weight is 713 g/mol. The van der Waals surface area contributed by atoms with Gasteiger partial charge in [0.25, 0.3) is 0 Å². The first-order chi connectivity index (χ1) is 24.8. The van der Waals surface area contributed by atoms with E-state index in [9.17, 15) is 19.5 Å². The van der Waals surface area contributed by atoms with E-state index in [2.05, 4.69) is 25.4 Å². The monoisotopic (exact) mass is 712 g/mol. The highest BCUT2D eigenvalue weighted by Gasteiger charge is 2.39. The van der Waals surface area contributed by atoms with E-state index in [1.165, 1.54) is 0 Å². The van der Waals surface area contributed by atoms with Gasteiger partial charge in [-0.1, -0.05) is 74.5 Å². The molecular formula is C41H56N6O5. The molecule has 1 aliphatic carbocycles. The molecule has 0 spiro atoms. The highest BCUT2D eigenvalue weighted by Crippen LogP contribution is 2.32. The Morgan fingerprint density at radius 1 is 1.00 bits per heavy atom. The molecule has 2 aromatic carbocycles. The van der Waals surface area contributed by atoms with Crippen LogP contribution in [0.4, 0.5) is 0 Å². The number of amides is 2. The Morgan fingerprint density at radius 2 is 1.71 bits per heavy atom. The largest absolute Gasteiger partial charge is 0.460 e. The van der Waals surface area contributed by atoms with Gasteiger partial charge in [0.15, 0.2) is 0 Å². The van der Waals surface area contributed by atoms with Crippen LogP contribution in [0.25, 0.3) is 0 Å². The maximum atomic E-state index is 14.3. The summed E-state index contributed by atoms with van der Waals surface area (Å²) in [7, 11) is 0. The number of aliphatic hydroxyl groups excluding tert-OH is 1. The van der Waals surface area contributed by atoms with Crippen molar-refractivity contribution >= 4 is 17.8 Å². The van der Waals surface area contributed by atoms with Gasteiger partial charge in [-0.2, -0.15) is 0 Å². The second-order valence-corrected chi connectivity index (χ2v) is 15.8. The number of fused-ring (bicyclic) bond motifs is 1. The molecule has 280 valence electrons. The van der Waals surface area contributed by atoms with Crippen LogP contribution in [-0.2, 0) is 38.5 Å². The first kappa shape index (κ1) is 39.1. The molecule has 1 fully saturated rings. The molecule has 1 aliphatic heterocycles. The van der Waals surface area contributed by atoms with E-state index in [1.54, 1.807) is 6.20 Å². The van der Waals surface area contributed by atoms with Crippen molar-refractivity contribution in [3.05, 3.63) is 101 Å². The van der Waals surface area contributed by atoms with E-state index in [4.69, 9.17) is 10.5 Å². The fraction of sp³-hybridized carbons (Fsp3) is 0.512. The number of hydrogen-bond donors (Lipinski definition) is 4. The number of ether oxygens (including phenoxy) is 1. The Morgan fingerprint density at radius 3 is 2.40 bits per heavy atom. The maximum Gasteiger partial charge on any atom is 0.323 e. The fourth-order valence-corrected chi connectivity index (χ4v) is 7.15. The summed E-state index contributed by atoms with van der Waals surface area (Å²) in [5.74, 6) is -1.64. The Kier molecular flexibility index (Phi) is 13.2. The topological polar surface area (TPSA) is 150 Å². The van der Waals surface area contributed by atoms with Crippen molar-refractivity contribution in [1.82, 2.24) is 25.4 Å². The number of nitrogens with zero attached hydrogens (tertiary/aromatic N) is 3. The Balaban J connectivity index is 1.42. The third-order valence-electron chi connectivity index (χ3n) is 9.96. The molecule has 2 aliphatic rings. The Bertz CT molecular complexity index is 1630. The van der Waals surface area contributed by atoms with Crippen molar-refractivity contribution < 1.29 is 24.2 Å². The van der Waals surface area contributed by atoms with Crippen molar-refractivity contribution in [2.75, 3.05) is 26.2 Å². The van der Waals surface area contributed by atoms with Crippen LogP contribution in [0.1, 0.15) is 69.3 Å². The molecule has 6 atom stereocenters. The van der Waals surface area contributed by atoms with Gasteiger partial charge in [-0.25, -0.2) is 0 Å². The van der Waals surface area contributed by atoms with Gasteiger partial charge in [0.1, 0.15) is 18.2 Å². The van der Waals surface area contributed by atoms with Gasteiger partial charge in [-0.15, -0.1) is 0 Å². The molecule has 1 saturated heterocycles. The number of benzene rings is 2. The van der Waals surface area contributed by atoms with Gasteiger partial charge in [-0.3, -0.25) is 29.2 Å². The lowest BCUT2D eigenvalue weighted by molar-refractivity contribution is -0.155. The fourth-order valence-electron chi connectivity index (χ4n) is 7.15. The lowest BCUT2D eigenvalue weighted by atomic mass is 9.91. The third-order valence-corrected chi connectivity index (χ3v) is 9.96. The summed E-state index contributed by atoms with van der Waals surface area (Å²) in [6.45, 7) is 12.2. The first-order valence-electron chi connectivity index (χ1n) is 18.5. The van der Waals surface area contributed by atoms with Crippen molar-refractivity contribution in [2.45, 2.75) is 96.3 Å².